The topological polar surface area (TPSA) is 58.6 Å². The van der Waals surface area contributed by atoms with Crippen molar-refractivity contribution in [3.05, 3.63) is 58.6 Å². The molecule has 5 nitrogen and oxygen atoms in total. The number of hydrogen-bond acceptors (Lipinski definition) is 3. The van der Waals surface area contributed by atoms with Gasteiger partial charge in [0, 0.05) is 34.4 Å². The first kappa shape index (κ1) is 20.2. The van der Waals surface area contributed by atoms with E-state index in [2.05, 4.69) is 12.2 Å². The van der Waals surface area contributed by atoms with Crippen LogP contribution in [0, 0.1) is 0 Å². The standard InChI is InChI=1S/C22H25ClN2O3/c1-4-14(3)25-13-16-12-18(10-11-20(16)28-19(5-2)22(25)27)24-21(26)15-6-8-17(23)9-7-15/h6-12,14,19H,4-5,13H2,1-3H3,(H,24,26)/t14-,19+/m1/s1. The van der Waals surface area contributed by atoms with Crippen molar-refractivity contribution < 1.29 is 14.3 Å². The predicted molar refractivity (Wildman–Crippen MR) is 111 cm³/mol. The molecule has 0 unspecified atom stereocenters. The molecule has 0 fully saturated rings. The van der Waals surface area contributed by atoms with Crippen LogP contribution in [0.2, 0.25) is 5.02 Å². The molecule has 0 bridgehead atoms. The van der Waals surface area contributed by atoms with Gasteiger partial charge in [0.2, 0.25) is 0 Å². The van der Waals surface area contributed by atoms with Gasteiger partial charge in [-0.05, 0) is 62.2 Å². The Balaban J connectivity index is 1.86. The van der Waals surface area contributed by atoms with Crippen LogP contribution in [-0.4, -0.2) is 28.9 Å². The number of carbonyl (C=O) groups is 2. The highest BCUT2D eigenvalue weighted by molar-refractivity contribution is 6.30. The largest absolute Gasteiger partial charge is 0.480 e. The van der Waals surface area contributed by atoms with Gasteiger partial charge in [0.1, 0.15) is 5.75 Å². The number of halogens is 1. The molecule has 0 aromatic heterocycles. The third kappa shape index (κ3) is 4.30. The van der Waals surface area contributed by atoms with Crippen molar-refractivity contribution in [3.63, 3.8) is 0 Å². The van der Waals surface area contributed by atoms with Crippen LogP contribution in [0.4, 0.5) is 5.69 Å². The molecule has 1 N–H and O–H groups in total. The lowest BCUT2D eigenvalue weighted by molar-refractivity contribution is -0.140. The zero-order valence-corrected chi connectivity index (χ0v) is 17.1. The summed E-state index contributed by atoms with van der Waals surface area (Å²) in [7, 11) is 0. The van der Waals surface area contributed by atoms with Crippen LogP contribution in [0.15, 0.2) is 42.5 Å². The molecule has 1 heterocycles. The minimum absolute atomic E-state index is 0.0137. The maximum atomic E-state index is 12.8. The van der Waals surface area contributed by atoms with E-state index in [1.54, 1.807) is 30.3 Å². The highest BCUT2D eigenvalue weighted by atomic mass is 35.5. The molecule has 0 aliphatic carbocycles. The summed E-state index contributed by atoms with van der Waals surface area (Å²) >= 11 is 5.88. The molecule has 3 rings (SSSR count). The Hall–Kier alpha value is -2.53. The number of rotatable bonds is 5. The molecular formula is C22H25ClN2O3. The monoisotopic (exact) mass is 400 g/mol. The number of nitrogens with one attached hydrogen (secondary N) is 1. The Labute approximate surface area is 170 Å². The second kappa shape index (κ2) is 8.65. The number of fused-ring (bicyclic) bond motifs is 1. The van der Waals surface area contributed by atoms with Gasteiger partial charge in [0.25, 0.3) is 11.8 Å². The van der Waals surface area contributed by atoms with Gasteiger partial charge in [0.15, 0.2) is 6.10 Å². The van der Waals surface area contributed by atoms with Crippen LogP contribution in [0.25, 0.3) is 0 Å². The average Bonchev–Trinajstić information content (AvgIpc) is 2.84. The van der Waals surface area contributed by atoms with Crippen molar-refractivity contribution in [1.82, 2.24) is 4.90 Å². The Morgan fingerprint density at radius 3 is 2.61 bits per heavy atom. The molecule has 0 radical (unpaired) electrons. The lowest BCUT2D eigenvalue weighted by Crippen LogP contribution is -2.43. The Morgan fingerprint density at radius 1 is 1.25 bits per heavy atom. The van der Waals surface area contributed by atoms with Gasteiger partial charge < -0.3 is 15.0 Å². The summed E-state index contributed by atoms with van der Waals surface area (Å²) in [6, 6.07) is 12.3. The highest BCUT2D eigenvalue weighted by Gasteiger charge is 2.32. The van der Waals surface area contributed by atoms with Gasteiger partial charge in [-0.2, -0.15) is 0 Å². The molecule has 2 atom stereocenters. The number of anilines is 1. The molecule has 2 aromatic carbocycles. The summed E-state index contributed by atoms with van der Waals surface area (Å²) in [5, 5.41) is 3.48. The molecule has 28 heavy (non-hydrogen) atoms. The van der Waals surface area contributed by atoms with Gasteiger partial charge in [-0.25, -0.2) is 0 Å². The van der Waals surface area contributed by atoms with Gasteiger partial charge in [-0.1, -0.05) is 25.4 Å². The second-order valence-corrected chi connectivity index (χ2v) is 7.46. The van der Waals surface area contributed by atoms with Gasteiger partial charge in [-0.3, -0.25) is 9.59 Å². The van der Waals surface area contributed by atoms with Crippen molar-refractivity contribution in [3.8, 4) is 5.75 Å². The maximum absolute atomic E-state index is 12.8. The summed E-state index contributed by atoms with van der Waals surface area (Å²) in [5.74, 6) is 0.489. The number of carbonyl (C=O) groups excluding carboxylic acids is 2. The third-order valence-corrected chi connectivity index (χ3v) is 5.34. The number of hydrogen-bond donors (Lipinski definition) is 1. The third-order valence-electron chi connectivity index (χ3n) is 5.09. The lowest BCUT2D eigenvalue weighted by Gasteiger charge is -2.28. The minimum Gasteiger partial charge on any atom is -0.480 e. The molecule has 0 saturated heterocycles. The van der Waals surface area contributed by atoms with E-state index in [1.807, 2.05) is 30.9 Å². The minimum atomic E-state index is -0.482. The predicted octanol–water partition coefficient (Wildman–Crippen LogP) is 4.89. The number of amides is 2. The van der Waals surface area contributed by atoms with E-state index in [0.717, 1.165) is 12.0 Å². The maximum Gasteiger partial charge on any atom is 0.264 e. The molecule has 148 valence electrons. The fourth-order valence-corrected chi connectivity index (χ4v) is 3.33. The fraction of sp³-hybridized carbons (Fsp3) is 0.364. The van der Waals surface area contributed by atoms with Crippen molar-refractivity contribution >= 4 is 29.1 Å². The molecule has 1 aliphatic heterocycles. The number of ether oxygens (including phenoxy) is 1. The van der Waals surface area contributed by atoms with Crippen LogP contribution in [0.3, 0.4) is 0 Å². The van der Waals surface area contributed by atoms with Crippen LogP contribution >= 0.6 is 11.6 Å². The zero-order chi connectivity index (χ0) is 20.3. The summed E-state index contributed by atoms with van der Waals surface area (Å²) in [5.41, 5.74) is 2.07. The first-order valence-electron chi connectivity index (χ1n) is 9.59. The van der Waals surface area contributed by atoms with E-state index in [0.29, 0.717) is 35.0 Å². The summed E-state index contributed by atoms with van der Waals surface area (Å²) in [4.78, 5) is 27.2. The molecule has 1 aliphatic rings. The molecule has 2 amide bonds. The van der Waals surface area contributed by atoms with Gasteiger partial charge in [0.05, 0.1) is 0 Å². The summed E-state index contributed by atoms with van der Waals surface area (Å²) in [6.45, 7) is 6.52. The van der Waals surface area contributed by atoms with Crippen molar-refractivity contribution in [2.24, 2.45) is 0 Å². The first-order chi connectivity index (χ1) is 13.4. The fourth-order valence-electron chi connectivity index (χ4n) is 3.20. The second-order valence-electron chi connectivity index (χ2n) is 7.02. The van der Waals surface area contributed by atoms with E-state index in [4.69, 9.17) is 16.3 Å². The number of benzene rings is 2. The van der Waals surface area contributed by atoms with Crippen molar-refractivity contribution in [2.45, 2.75) is 52.3 Å². The van der Waals surface area contributed by atoms with Crippen molar-refractivity contribution in [2.75, 3.05) is 5.32 Å². The van der Waals surface area contributed by atoms with E-state index < -0.39 is 6.10 Å². The Bertz CT molecular complexity index is 867. The normalized spacial score (nSPS) is 17.4. The van der Waals surface area contributed by atoms with Crippen LogP contribution in [-0.2, 0) is 11.3 Å². The molecule has 2 aromatic rings. The lowest BCUT2D eigenvalue weighted by atomic mass is 10.1. The first-order valence-corrected chi connectivity index (χ1v) is 9.97. The van der Waals surface area contributed by atoms with E-state index >= 15 is 0 Å². The van der Waals surface area contributed by atoms with Crippen LogP contribution in [0.5, 0.6) is 5.75 Å². The van der Waals surface area contributed by atoms with E-state index in [-0.39, 0.29) is 17.9 Å². The van der Waals surface area contributed by atoms with Crippen molar-refractivity contribution in [1.29, 1.82) is 0 Å². The molecular weight excluding hydrogens is 376 g/mol. The zero-order valence-electron chi connectivity index (χ0n) is 16.4. The quantitative estimate of drug-likeness (QED) is 0.777. The molecule has 0 saturated carbocycles. The molecule has 0 spiro atoms. The summed E-state index contributed by atoms with van der Waals surface area (Å²) < 4.78 is 5.98. The SMILES string of the molecule is CC[C@@H]1Oc2ccc(NC(=O)c3ccc(Cl)cc3)cc2CN([C@H](C)CC)C1=O. The van der Waals surface area contributed by atoms with Gasteiger partial charge in [-0.15, -0.1) is 0 Å². The summed E-state index contributed by atoms with van der Waals surface area (Å²) in [6.07, 6.45) is 0.995. The Morgan fingerprint density at radius 2 is 1.96 bits per heavy atom. The van der Waals surface area contributed by atoms with Crippen LogP contribution < -0.4 is 10.1 Å². The smallest absolute Gasteiger partial charge is 0.264 e. The van der Waals surface area contributed by atoms with Crippen LogP contribution in [0.1, 0.15) is 49.5 Å². The number of nitrogens with zero attached hydrogens (tertiary/aromatic N) is 1. The average molecular weight is 401 g/mol. The molecule has 6 heteroatoms. The highest BCUT2D eigenvalue weighted by Crippen LogP contribution is 2.30. The van der Waals surface area contributed by atoms with E-state index in [9.17, 15) is 9.59 Å². The Kier molecular flexibility index (Phi) is 6.25. The van der Waals surface area contributed by atoms with Gasteiger partial charge >= 0.3 is 0 Å². The van der Waals surface area contributed by atoms with E-state index in [1.165, 1.54) is 0 Å².